The Labute approximate surface area is 134 Å². The number of aromatic nitrogens is 1. The van der Waals surface area contributed by atoms with Gasteiger partial charge in [-0.2, -0.15) is 0 Å². The van der Waals surface area contributed by atoms with Gasteiger partial charge in [0.05, 0.1) is 15.8 Å². The number of alkyl halides is 2. The maximum Gasteiger partial charge on any atom is 0.264 e. The highest BCUT2D eigenvalue weighted by Gasteiger charge is 2.16. The first-order chi connectivity index (χ1) is 9.40. The summed E-state index contributed by atoms with van der Waals surface area (Å²) >= 11 is 4.89. The minimum atomic E-state index is -2.69. The molecule has 2 aromatic rings. The number of nitrogens with zero attached hydrogens (tertiary/aromatic N) is 1. The third-order valence-electron chi connectivity index (χ3n) is 2.66. The summed E-state index contributed by atoms with van der Waals surface area (Å²) in [4.78, 5) is 12.0. The SMILES string of the molecule is O=c1c(I)ccc(-c2ccc(Br)cc2F)n1CC(F)F. The van der Waals surface area contributed by atoms with Crippen molar-refractivity contribution in [3.8, 4) is 11.3 Å². The van der Waals surface area contributed by atoms with E-state index in [0.717, 1.165) is 4.57 Å². The monoisotopic (exact) mass is 457 g/mol. The smallest absolute Gasteiger partial charge is 0.264 e. The van der Waals surface area contributed by atoms with Gasteiger partial charge in [0.2, 0.25) is 0 Å². The summed E-state index contributed by atoms with van der Waals surface area (Å²) in [6.07, 6.45) is -2.69. The molecule has 0 fully saturated rings. The van der Waals surface area contributed by atoms with Crippen LogP contribution in [-0.4, -0.2) is 11.0 Å². The van der Waals surface area contributed by atoms with E-state index in [1.807, 2.05) is 0 Å². The van der Waals surface area contributed by atoms with Gasteiger partial charge in [0, 0.05) is 10.0 Å². The van der Waals surface area contributed by atoms with Crippen LogP contribution < -0.4 is 5.56 Å². The quantitative estimate of drug-likeness (QED) is 0.630. The Balaban J connectivity index is 2.67. The van der Waals surface area contributed by atoms with Crippen LogP contribution in [0.4, 0.5) is 13.2 Å². The van der Waals surface area contributed by atoms with Gasteiger partial charge in [-0.05, 0) is 52.9 Å². The van der Waals surface area contributed by atoms with Crippen LogP contribution in [0, 0.1) is 9.39 Å². The maximum atomic E-state index is 14.0. The maximum absolute atomic E-state index is 14.0. The van der Waals surface area contributed by atoms with Crippen LogP contribution in [0.5, 0.6) is 0 Å². The lowest BCUT2D eigenvalue weighted by molar-refractivity contribution is 0.125. The summed E-state index contributed by atoms with van der Waals surface area (Å²) in [5, 5.41) is 0. The molecule has 7 heteroatoms. The highest BCUT2D eigenvalue weighted by Crippen LogP contribution is 2.25. The number of pyridine rings is 1. The standard InChI is InChI=1S/C13H8BrF3INO/c14-7-1-2-8(9(15)5-7)11-4-3-10(18)13(20)19(11)6-12(16)17/h1-5,12H,6H2. The molecule has 0 aliphatic carbocycles. The number of halogens is 5. The van der Waals surface area contributed by atoms with Gasteiger partial charge in [-0.1, -0.05) is 15.9 Å². The molecule has 0 aliphatic rings. The first kappa shape index (κ1) is 15.6. The van der Waals surface area contributed by atoms with E-state index in [4.69, 9.17) is 0 Å². The first-order valence-corrected chi connectivity index (χ1v) is 7.40. The van der Waals surface area contributed by atoms with Crippen molar-refractivity contribution in [2.45, 2.75) is 13.0 Å². The van der Waals surface area contributed by atoms with E-state index >= 15 is 0 Å². The molecule has 0 bridgehead atoms. The highest BCUT2D eigenvalue weighted by atomic mass is 127. The van der Waals surface area contributed by atoms with Gasteiger partial charge in [0.1, 0.15) is 5.82 Å². The number of rotatable bonds is 3. The van der Waals surface area contributed by atoms with Gasteiger partial charge in [-0.25, -0.2) is 13.2 Å². The molecule has 0 spiro atoms. The van der Waals surface area contributed by atoms with Crippen molar-refractivity contribution in [3.63, 3.8) is 0 Å². The Hall–Kier alpha value is -0.830. The van der Waals surface area contributed by atoms with Gasteiger partial charge in [-0.15, -0.1) is 0 Å². The van der Waals surface area contributed by atoms with Crippen LogP contribution in [0.3, 0.4) is 0 Å². The Morgan fingerprint density at radius 1 is 1.25 bits per heavy atom. The molecule has 0 atom stereocenters. The van der Waals surface area contributed by atoms with E-state index in [1.165, 1.54) is 24.3 Å². The fourth-order valence-corrected chi connectivity index (χ4v) is 2.61. The summed E-state index contributed by atoms with van der Waals surface area (Å²) in [5.41, 5.74) is -0.297. The van der Waals surface area contributed by atoms with Crippen molar-refractivity contribution in [2.75, 3.05) is 0 Å². The largest absolute Gasteiger partial charge is 0.302 e. The average Bonchev–Trinajstić information content (AvgIpc) is 2.36. The lowest BCUT2D eigenvalue weighted by atomic mass is 10.1. The summed E-state index contributed by atoms with van der Waals surface area (Å²) in [5.74, 6) is -0.581. The van der Waals surface area contributed by atoms with Crippen molar-refractivity contribution in [1.29, 1.82) is 0 Å². The van der Waals surface area contributed by atoms with E-state index in [-0.39, 0.29) is 11.3 Å². The van der Waals surface area contributed by atoms with E-state index in [0.29, 0.717) is 8.04 Å². The molecule has 20 heavy (non-hydrogen) atoms. The Kier molecular flexibility index (Phi) is 4.90. The predicted octanol–water partition coefficient (Wildman–Crippen LogP) is 4.29. The summed E-state index contributed by atoms with van der Waals surface area (Å²) < 4.78 is 41.0. The average molecular weight is 458 g/mol. The molecule has 0 radical (unpaired) electrons. The minimum Gasteiger partial charge on any atom is -0.302 e. The lowest BCUT2D eigenvalue weighted by Gasteiger charge is -2.14. The van der Waals surface area contributed by atoms with Gasteiger partial charge in [0.15, 0.2) is 0 Å². The van der Waals surface area contributed by atoms with Crippen molar-refractivity contribution in [3.05, 3.63) is 54.5 Å². The van der Waals surface area contributed by atoms with Crippen LogP contribution in [-0.2, 0) is 6.54 Å². The van der Waals surface area contributed by atoms with Crippen molar-refractivity contribution in [2.24, 2.45) is 0 Å². The van der Waals surface area contributed by atoms with Crippen molar-refractivity contribution < 1.29 is 13.2 Å². The molecule has 1 aromatic carbocycles. The second kappa shape index (κ2) is 6.30. The zero-order valence-electron chi connectivity index (χ0n) is 9.92. The molecule has 2 rings (SSSR count). The Bertz CT molecular complexity index is 703. The van der Waals surface area contributed by atoms with Gasteiger partial charge >= 0.3 is 0 Å². The van der Waals surface area contributed by atoms with Crippen LogP contribution >= 0.6 is 38.5 Å². The topological polar surface area (TPSA) is 22.0 Å². The highest BCUT2D eigenvalue weighted by molar-refractivity contribution is 14.1. The van der Waals surface area contributed by atoms with E-state index in [2.05, 4.69) is 15.9 Å². The molecule has 0 aliphatic heterocycles. The first-order valence-electron chi connectivity index (χ1n) is 5.53. The number of benzene rings is 1. The molecule has 0 saturated carbocycles. The minimum absolute atomic E-state index is 0.113. The van der Waals surface area contributed by atoms with Crippen LogP contribution in [0.25, 0.3) is 11.3 Å². The molecule has 1 heterocycles. The van der Waals surface area contributed by atoms with E-state index in [1.54, 1.807) is 28.7 Å². The van der Waals surface area contributed by atoms with Crippen molar-refractivity contribution in [1.82, 2.24) is 4.57 Å². The van der Waals surface area contributed by atoms with E-state index < -0.39 is 24.3 Å². The van der Waals surface area contributed by atoms with Gasteiger partial charge < -0.3 is 4.57 Å². The summed E-state index contributed by atoms with van der Waals surface area (Å²) in [7, 11) is 0. The molecule has 0 N–H and O–H groups in total. The summed E-state index contributed by atoms with van der Waals surface area (Å²) in [6.45, 7) is -0.763. The molecule has 0 amide bonds. The molecular formula is C13H8BrF3INO. The fourth-order valence-electron chi connectivity index (χ4n) is 1.80. The fraction of sp³-hybridized carbons (Fsp3) is 0.154. The molecule has 0 saturated heterocycles. The Morgan fingerprint density at radius 2 is 1.95 bits per heavy atom. The summed E-state index contributed by atoms with van der Waals surface area (Å²) in [6, 6.07) is 7.22. The molecule has 1 aromatic heterocycles. The molecule has 2 nitrogen and oxygen atoms in total. The molecule has 106 valence electrons. The Morgan fingerprint density at radius 3 is 2.55 bits per heavy atom. The van der Waals surface area contributed by atoms with E-state index in [9.17, 15) is 18.0 Å². The molecule has 0 unspecified atom stereocenters. The number of hydrogen-bond acceptors (Lipinski definition) is 1. The second-order valence-corrected chi connectivity index (χ2v) is 6.08. The van der Waals surface area contributed by atoms with Crippen molar-refractivity contribution >= 4 is 38.5 Å². The van der Waals surface area contributed by atoms with Crippen LogP contribution in [0.2, 0.25) is 0 Å². The van der Waals surface area contributed by atoms with Gasteiger partial charge in [0.25, 0.3) is 12.0 Å². The van der Waals surface area contributed by atoms with Crippen LogP contribution in [0.1, 0.15) is 0 Å². The third kappa shape index (κ3) is 3.25. The number of hydrogen-bond donors (Lipinski definition) is 0. The zero-order valence-corrected chi connectivity index (χ0v) is 13.7. The lowest BCUT2D eigenvalue weighted by Crippen LogP contribution is -2.26. The van der Waals surface area contributed by atoms with Crippen LogP contribution in [0.15, 0.2) is 39.6 Å². The molecular weight excluding hydrogens is 450 g/mol. The second-order valence-electron chi connectivity index (χ2n) is 4.00. The zero-order chi connectivity index (χ0) is 14.9. The third-order valence-corrected chi connectivity index (χ3v) is 3.97. The normalized spacial score (nSPS) is 11.1. The predicted molar refractivity (Wildman–Crippen MR) is 82.5 cm³/mol. The van der Waals surface area contributed by atoms with Gasteiger partial charge in [-0.3, -0.25) is 4.79 Å².